The van der Waals surface area contributed by atoms with Crippen molar-refractivity contribution in [1.29, 1.82) is 0 Å². The molecule has 0 aliphatic carbocycles. The maximum absolute atomic E-state index is 2.68. The van der Waals surface area contributed by atoms with Crippen LogP contribution in [0.3, 0.4) is 0 Å². The predicted molar refractivity (Wildman–Crippen MR) is 168 cm³/mol. The van der Waals surface area contributed by atoms with Gasteiger partial charge in [0.05, 0.1) is 0 Å². The van der Waals surface area contributed by atoms with E-state index in [2.05, 4.69) is 26.8 Å². The molecule has 0 aromatic carbocycles. The van der Waals surface area contributed by atoms with E-state index in [0.29, 0.717) is 0 Å². The third kappa shape index (κ3) is 30.0. The van der Waals surface area contributed by atoms with Gasteiger partial charge in [-0.05, 0) is 38.5 Å². The minimum Gasteiger partial charge on any atom is -0.0853 e. The van der Waals surface area contributed by atoms with Crippen molar-refractivity contribution >= 4 is 0 Å². The van der Waals surface area contributed by atoms with Crippen molar-refractivity contribution in [1.82, 2.24) is 0 Å². The van der Waals surface area contributed by atoms with E-state index in [1.54, 1.807) is 0 Å². The Hall–Kier alpha value is -0.260. The molecule has 0 atom stereocenters. The quantitative estimate of drug-likeness (QED) is 0.0650. The number of hydrogen-bond acceptors (Lipinski definition) is 0. The highest BCUT2D eigenvalue weighted by Crippen LogP contribution is 2.21. The van der Waals surface area contributed by atoms with E-state index in [0.717, 1.165) is 0 Å². The number of allylic oxidation sites excluding steroid dienone is 2. The maximum atomic E-state index is 2.68. The first-order valence-corrected chi connectivity index (χ1v) is 17.5. The van der Waals surface area contributed by atoms with Crippen LogP contribution in [0.15, 0.2) is 11.6 Å². The first-order chi connectivity index (χ1) is 17.8. The molecule has 0 heterocycles. The van der Waals surface area contributed by atoms with Gasteiger partial charge in [-0.3, -0.25) is 0 Å². The zero-order valence-electron chi connectivity index (χ0n) is 26.0. The van der Waals surface area contributed by atoms with Crippen LogP contribution in [0.2, 0.25) is 0 Å². The molecule has 216 valence electrons. The Kier molecular flexibility index (Phi) is 32.5. The summed E-state index contributed by atoms with van der Waals surface area (Å²) in [5.41, 5.74) is 1.82. The van der Waals surface area contributed by atoms with E-state index in [4.69, 9.17) is 0 Å². The molecule has 0 N–H and O–H groups in total. The Morgan fingerprint density at radius 2 is 0.556 bits per heavy atom. The lowest BCUT2D eigenvalue weighted by molar-refractivity contribution is 0.545. The number of rotatable bonds is 31. The van der Waals surface area contributed by atoms with E-state index in [1.807, 2.05) is 5.57 Å². The second-order valence-corrected chi connectivity index (χ2v) is 12.0. The smallest absolute Gasteiger partial charge is 0.0320 e. The summed E-state index contributed by atoms with van der Waals surface area (Å²) in [4.78, 5) is 0. The fraction of sp³-hybridized carbons (Fsp3) is 0.944. The third-order valence-corrected chi connectivity index (χ3v) is 8.19. The molecular formula is C36H72. The SMILES string of the molecule is CCCCCCCCCCC=C(CCCCCCCCCCCC)CCCCCCCCCCCC. The Bertz CT molecular complexity index is 380. The van der Waals surface area contributed by atoms with Gasteiger partial charge in [0.25, 0.3) is 0 Å². The zero-order valence-corrected chi connectivity index (χ0v) is 26.0. The van der Waals surface area contributed by atoms with Gasteiger partial charge in [0.1, 0.15) is 0 Å². The van der Waals surface area contributed by atoms with Crippen LogP contribution in [0.25, 0.3) is 0 Å². The molecule has 0 aromatic rings. The van der Waals surface area contributed by atoms with Crippen LogP contribution in [0.1, 0.15) is 220 Å². The van der Waals surface area contributed by atoms with Gasteiger partial charge in [-0.2, -0.15) is 0 Å². The Morgan fingerprint density at radius 1 is 0.306 bits per heavy atom. The average molecular weight is 505 g/mol. The van der Waals surface area contributed by atoms with E-state index >= 15 is 0 Å². The van der Waals surface area contributed by atoms with Gasteiger partial charge in [-0.25, -0.2) is 0 Å². The first kappa shape index (κ1) is 35.7. The molecule has 0 aromatic heterocycles. The highest BCUT2D eigenvalue weighted by molar-refractivity contribution is 5.02. The molecule has 0 amide bonds. The molecule has 0 saturated carbocycles. The van der Waals surface area contributed by atoms with Crippen LogP contribution < -0.4 is 0 Å². The summed E-state index contributed by atoms with van der Waals surface area (Å²) in [5, 5.41) is 0. The Morgan fingerprint density at radius 3 is 0.861 bits per heavy atom. The topological polar surface area (TPSA) is 0 Å². The molecular weight excluding hydrogens is 432 g/mol. The molecule has 0 heteroatoms. The summed E-state index contributed by atoms with van der Waals surface area (Å²) in [6, 6.07) is 0. The van der Waals surface area contributed by atoms with Crippen LogP contribution in [-0.4, -0.2) is 0 Å². The van der Waals surface area contributed by atoms with E-state index in [9.17, 15) is 0 Å². The Labute approximate surface area is 231 Å². The first-order valence-electron chi connectivity index (χ1n) is 17.5. The number of hydrogen-bond donors (Lipinski definition) is 0. The molecule has 0 aliphatic heterocycles. The molecule has 0 spiro atoms. The normalized spacial score (nSPS) is 11.3. The van der Waals surface area contributed by atoms with Gasteiger partial charge in [0, 0.05) is 0 Å². The average Bonchev–Trinajstić information content (AvgIpc) is 2.89. The van der Waals surface area contributed by atoms with Crippen molar-refractivity contribution < 1.29 is 0 Å². The third-order valence-electron chi connectivity index (χ3n) is 8.19. The standard InChI is InChI=1S/C36H72/c1-4-7-10-13-16-19-22-25-28-31-34-36(33-30-27-24-21-18-15-12-9-6-3)35-32-29-26-23-20-17-14-11-8-5-2/h33H,4-32,34-35H2,1-3H3. The molecule has 0 nitrogen and oxygen atoms in total. The van der Waals surface area contributed by atoms with Gasteiger partial charge < -0.3 is 0 Å². The maximum Gasteiger partial charge on any atom is -0.0320 e. The van der Waals surface area contributed by atoms with Crippen LogP contribution in [-0.2, 0) is 0 Å². The highest BCUT2D eigenvalue weighted by atomic mass is 14.1. The van der Waals surface area contributed by atoms with Crippen LogP contribution in [0, 0.1) is 0 Å². The van der Waals surface area contributed by atoms with Crippen molar-refractivity contribution in [3.63, 3.8) is 0 Å². The molecule has 0 fully saturated rings. The van der Waals surface area contributed by atoms with Crippen molar-refractivity contribution in [3.8, 4) is 0 Å². The summed E-state index contributed by atoms with van der Waals surface area (Å²) in [5.74, 6) is 0. The number of unbranched alkanes of at least 4 members (excludes halogenated alkanes) is 26. The molecule has 0 aliphatic rings. The summed E-state index contributed by atoms with van der Waals surface area (Å²) in [7, 11) is 0. The second-order valence-electron chi connectivity index (χ2n) is 12.0. The lowest BCUT2D eigenvalue weighted by atomic mass is 9.97. The monoisotopic (exact) mass is 505 g/mol. The van der Waals surface area contributed by atoms with Gasteiger partial charge in [0.2, 0.25) is 0 Å². The summed E-state index contributed by atoms with van der Waals surface area (Å²) in [6.07, 6.45) is 47.4. The minimum atomic E-state index is 1.35. The van der Waals surface area contributed by atoms with Crippen molar-refractivity contribution in [3.05, 3.63) is 11.6 Å². The predicted octanol–water partition coefficient (Wildman–Crippen LogP) is 14.1. The molecule has 36 heavy (non-hydrogen) atoms. The van der Waals surface area contributed by atoms with E-state index in [1.165, 1.54) is 199 Å². The molecule has 0 saturated heterocycles. The van der Waals surface area contributed by atoms with E-state index < -0.39 is 0 Å². The van der Waals surface area contributed by atoms with Crippen molar-refractivity contribution in [2.45, 2.75) is 220 Å². The van der Waals surface area contributed by atoms with Crippen molar-refractivity contribution in [2.24, 2.45) is 0 Å². The Balaban J connectivity index is 3.96. The lowest BCUT2D eigenvalue weighted by Crippen LogP contribution is -1.89. The summed E-state index contributed by atoms with van der Waals surface area (Å²) < 4.78 is 0. The van der Waals surface area contributed by atoms with Gasteiger partial charge in [-0.1, -0.05) is 193 Å². The van der Waals surface area contributed by atoms with E-state index in [-0.39, 0.29) is 0 Å². The summed E-state index contributed by atoms with van der Waals surface area (Å²) in [6.45, 7) is 6.94. The fourth-order valence-electron chi connectivity index (χ4n) is 5.59. The minimum absolute atomic E-state index is 1.35. The highest BCUT2D eigenvalue weighted by Gasteiger charge is 2.01. The van der Waals surface area contributed by atoms with Gasteiger partial charge >= 0.3 is 0 Å². The molecule has 0 rings (SSSR count). The lowest BCUT2D eigenvalue weighted by Gasteiger charge is -2.09. The molecule has 0 radical (unpaired) electrons. The molecule has 0 bridgehead atoms. The second kappa shape index (κ2) is 32.8. The molecule has 0 unspecified atom stereocenters. The van der Waals surface area contributed by atoms with Crippen LogP contribution in [0.5, 0.6) is 0 Å². The van der Waals surface area contributed by atoms with Crippen LogP contribution >= 0.6 is 0 Å². The summed E-state index contributed by atoms with van der Waals surface area (Å²) >= 11 is 0. The van der Waals surface area contributed by atoms with Crippen LogP contribution in [0.4, 0.5) is 0 Å². The van der Waals surface area contributed by atoms with Crippen molar-refractivity contribution in [2.75, 3.05) is 0 Å². The van der Waals surface area contributed by atoms with Gasteiger partial charge in [0.15, 0.2) is 0 Å². The zero-order chi connectivity index (χ0) is 26.2. The fourth-order valence-corrected chi connectivity index (χ4v) is 5.59. The largest absolute Gasteiger partial charge is 0.0853 e. The van der Waals surface area contributed by atoms with Gasteiger partial charge in [-0.15, -0.1) is 0 Å².